The summed E-state index contributed by atoms with van der Waals surface area (Å²) in [5.41, 5.74) is 3.75. The second-order valence-electron chi connectivity index (χ2n) is 6.46. The molecule has 0 aromatic carbocycles. The van der Waals surface area contributed by atoms with Crippen LogP contribution in [0.3, 0.4) is 0 Å². The van der Waals surface area contributed by atoms with Crippen LogP contribution in [0.2, 0.25) is 0 Å². The van der Waals surface area contributed by atoms with Gasteiger partial charge in [0.1, 0.15) is 0 Å². The highest BCUT2D eigenvalue weighted by Crippen LogP contribution is 2.33. The third-order valence-corrected chi connectivity index (χ3v) is 4.17. The first-order valence-corrected chi connectivity index (χ1v) is 7.32. The second kappa shape index (κ2) is 6.26. The molecular formula is C13H26N4OS. The third kappa shape index (κ3) is 4.49. The molecule has 0 radical (unpaired) electrons. The number of methoxy groups -OCH3 is 1. The average Bonchev–Trinajstić information content (AvgIpc) is 2.79. The number of nitrogens with two attached hydrogens (primary N) is 1. The van der Waals surface area contributed by atoms with Crippen LogP contribution in [0, 0.1) is 0 Å². The Bertz CT molecular complexity index is 398. The first-order valence-electron chi connectivity index (χ1n) is 6.55. The van der Waals surface area contributed by atoms with Gasteiger partial charge in [-0.05, 0) is 38.2 Å². The molecule has 1 atom stereocenters. The van der Waals surface area contributed by atoms with E-state index in [1.54, 1.807) is 7.11 Å². The van der Waals surface area contributed by atoms with Gasteiger partial charge in [0.2, 0.25) is 0 Å². The predicted molar refractivity (Wildman–Crippen MR) is 79.0 cm³/mol. The number of hydrazine groups is 1. The summed E-state index contributed by atoms with van der Waals surface area (Å²) < 4.78 is 9.54. The van der Waals surface area contributed by atoms with Crippen LogP contribution in [0.15, 0.2) is 0 Å². The Labute approximate surface area is 120 Å². The van der Waals surface area contributed by atoms with Crippen LogP contribution >= 0.6 is 11.5 Å². The number of nitrogens with zero attached hydrogens (tertiary/aromatic N) is 2. The largest absolute Gasteiger partial charge is 0.379 e. The third-order valence-electron chi connectivity index (χ3n) is 3.33. The van der Waals surface area contributed by atoms with Gasteiger partial charge in [-0.25, -0.2) is 0 Å². The molecule has 0 aliphatic carbocycles. The molecule has 0 bridgehead atoms. The number of hydrogen-bond donors (Lipinski definition) is 2. The van der Waals surface area contributed by atoms with E-state index in [0.29, 0.717) is 0 Å². The van der Waals surface area contributed by atoms with E-state index >= 15 is 0 Å². The van der Waals surface area contributed by atoms with Crippen molar-refractivity contribution in [3.8, 4) is 0 Å². The van der Waals surface area contributed by atoms with Crippen molar-refractivity contribution in [2.75, 3.05) is 7.11 Å². The fraction of sp³-hybridized carbons (Fsp3) is 0.846. The van der Waals surface area contributed by atoms with Crippen molar-refractivity contribution in [2.45, 2.75) is 64.5 Å². The average molecular weight is 286 g/mol. The zero-order valence-corrected chi connectivity index (χ0v) is 13.6. The van der Waals surface area contributed by atoms with E-state index in [2.05, 4.69) is 49.6 Å². The van der Waals surface area contributed by atoms with E-state index in [4.69, 9.17) is 10.6 Å². The van der Waals surface area contributed by atoms with Gasteiger partial charge in [0.15, 0.2) is 0 Å². The van der Waals surface area contributed by atoms with Crippen LogP contribution in [0.25, 0.3) is 0 Å². The van der Waals surface area contributed by atoms with Crippen LogP contribution < -0.4 is 11.3 Å². The maximum atomic E-state index is 5.71. The van der Waals surface area contributed by atoms with Gasteiger partial charge in [0.25, 0.3) is 0 Å². The zero-order valence-electron chi connectivity index (χ0n) is 12.8. The van der Waals surface area contributed by atoms with Gasteiger partial charge in [-0.1, -0.05) is 25.3 Å². The maximum absolute atomic E-state index is 5.71. The number of rotatable bonds is 6. The summed E-state index contributed by atoms with van der Waals surface area (Å²) in [6, 6.07) is 0.0728. The van der Waals surface area contributed by atoms with Gasteiger partial charge in [0.05, 0.1) is 22.2 Å². The molecule has 110 valence electrons. The van der Waals surface area contributed by atoms with E-state index in [0.717, 1.165) is 23.4 Å². The van der Waals surface area contributed by atoms with Crippen molar-refractivity contribution < 1.29 is 4.74 Å². The Hall–Kier alpha value is -0.560. The fourth-order valence-electron chi connectivity index (χ4n) is 1.83. The van der Waals surface area contributed by atoms with E-state index < -0.39 is 0 Å². The van der Waals surface area contributed by atoms with Crippen LogP contribution in [0.1, 0.15) is 64.1 Å². The summed E-state index contributed by atoms with van der Waals surface area (Å²) in [6.45, 7) is 10.6. The molecule has 0 fully saturated rings. The van der Waals surface area contributed by atoms with Gasteiger partial charge in [-0.2, -0.15) is 0 Å². The van der Waals surface area contributed by atoms with E-state index in [9.17, 15) is 0 Å². The Balaban J connectivity index is 2.84. The lowest BCUT2D eigenvalue weighted by molar-refractivity contribution is 0.0117. The predicted octanol–water partition coefficient (Wildman–Crippen LogP) is 2.55. The molecule has 1 aromatic rings. The Morgan fingerprint density at radius 1 is 1.32 bits per heavy atom. The summed E-state index contributed by atoms with van der Waals surface area (Å²) in [5.74, 6) is 5.71. The summed E-state index contributed by atoms with van der Waals surface area (Å²) in [5, 5.41) is 4.26. The van der Waals surface area contributed by atoms with Gasteiger partial charge in [-0.15, -0.1) is 5.10 Å². The highest BCUT2D eigenvalue weighted by Gasteiger charge is 2.28. The fourth-order valence-corrected chi connectivity index (χ4v) is 2.79. The number of ether oxygens (including phenoxy) is 1. The highest BCUT2D eigenvalue weighted by atomic mass is 32.1. The second-order valence-corrected chi connectivity index (χ2v) is 7.24. The molecule has 0 aliphatic rings. The molecule has 0 spiro atoms. The van der Waals surface area contributed by atoms with Crippen LogP contribution in [-0.2, 0) is 10.2 Å². The molecular weight excluding hydrogens is 260 g/mol. The van der Waals surface area contributed by atoms with Gasteiger partial charge >= 0.3 is 0 Å². The lowest BCUT2D eigenvalue weighted by Crippen LogP contribution is -2.32. The molecule has 0 aliphatic heterocycles. The van der Waals surface area contributed by atoms with E-state index in [-0.39, 0.29) is 17.1 Å². The molecule has 1 unspecified atom stereocenters. The lowest BCUT2D eigenvalue weighted by atomic mass is 9.88. The van der Waals surface area contributed by atoms with Crippen LogP contribution in [-0.4, -0.2) is 22.3 Å². The molecule has 5 nitrogen and oxygen atoms in total. The molecule has 1 rings (SSSR count). The highest BCUT2D eigenvalue weighted by molar-refractivity contribution is 7.05. The first kappa shape index (κ1) is 16.5. The Morgan fingerprint density at radius 2 is 1.95 bits per heavy atom. The minimum absolute atomic E-state index is 0.0196. The SMILES string of the molecule is COC(C)(C)CCC(NN)c1snnc1C(C)(C)C. The standard InChI is InChI=1S/C13H26N4OS/c1-12(2,3)11-10(19-17-16-11)9(15-14)7-8-13(4,5)18-6/h9,15H,7-8,14H2,1-6H3. The minimum atomic E-state index is -0.144. The topological polar surface area (TPSA) is 73.1 Å². The van der Waals surface area contributed by atoms with E-state index in [1.165, 1.54) is 11.5 Å². The molecule has 6 heteroatoms. The van der Waals surface area contributed by atoms with Gasteiger partial charge in [-0.3, -0.25) is 11.3 Å². The molecule has 1 aromatic heterocycles. The first-order chi connectivity index (χ1) is 8.71. The quantitative estimate of drug-likeness (QED) is 0.621. The molecule has 0 saturated heterocycles. The molecule has 19 heavy (non-hydrogen) atoms. The summed E-state index contributed by atoms with van der Waals surface area (Å²) in [4.78, 5) is 1.13. The van der Waals surface area contributed by atoms with Crippen molar-refractivity contribution in [1.82, 2.24) is 15.0 Å². The van der Waals surface area contributed by atoms with Crippen molar-refractivity contribution >= 4 is 11.5 Å². The molecule has 0 saturated carbocycles. The van der Waals surface area contributed by atoms with Gasteiger partial charge in [0, 0.05) is 12.5 Å². The minimum Gasteiger partial charge on any atom is -0.379 e. The summed E-state index contributed by atoms with van der Waals surface area (Å²) >= 11 is 1.42. The van der Waals surface area contributed by atoms with Crippen molar-refractivity contribution in [2.24, 2.45) is 5.84 Å². The van der Waals surface area contributed by atoms with Crippen molar-refractivity contribution in [1.29, 1.82) is 0 Å². The number of hydrogen-bond acceptors (Lipinski definition) is 6. The van der Waals surface area contributed by atoms with Crippen molar-refractivity contribution in [3.63, 3.8) is 0 Å². The lowest BCUT2D eigenvalue weighted by Gasteiger charge is -2.26. The Morgan fingerprint density at radius 3 is 2.42 bits per heavy atom. The smallest absolute Gasteiger partial charge is 0.0857 e. The monoisotopic (exact) mass is 286 g/mol. The van der Waals surface area contributed by atoms with Crippen molar-refractivity contribution in [3.05, 3.63) is 10.6 Å². The van der Waals surface area contributed by atoms with Gasteiger partial charge < -0.3 is 4.74 Å². The molecule has 1 heterocycles. The molecule has 0 amide bonds. The van der Waals surface area contributed by atoms with Crippen LogP contribution in [0.4, 0.5) is 0 Å². The van der Waals surface area contributed by atoms with Crippen LogP contribution in [0.5, 0.6) is 0 Å². The zero-order chi connectivity index (χ0) is 14.7. The number of nitrogens with one attached hydrogen (secondary N) is 1. The summed E-state index contributed by atoms with van der Waals surface area (Å²) in [7, 11) is 1.74. The van der Waals surface area contributed by atoms with E-state index in [1.807, 2.05) is 0 Å². The normalized spacial score (nSPS) is 14.7. The molecule has 3 N–H and O–H groups in total. The summed E-state index contributed by atoms with van der Waals surface area (Å²) in [6.07, 6.45) is 1.81. The Kier molecular flexibility index (Phi) is 5.43. The number of aromatic nitrogens is 2. The maximum Gasteiger partial charge on any atom is 0.0857 e.